The highest BCUT2D eigenvalue weighted by Crippen LogP contribution is 2.39. The van der Waals surface area contributed by atoms with Gasteiger partial charge in [-0.05, 0) is 49.3 Å². The van der Waals surface area contributed by atoms with Gasteiger partial charge in [0.1, 0.15) is 0 Å². The van der Waals surface area contributed by atoms with Crippen LogP contribution in [0.3, 0.4) is 0 Å². The predicted octanol–water partition coefficient (Wildman–Crippen LogP) is 4.16. The van der Waals surface area contributed by atoms with Crippen LogP contribution in [0.15, 0.2) is 28.7 Å². The summed E-state index contributed by atoms with van der Waals surface area (Å²) in [7, 11) is 0. The summed E-state index contributed by atoms with van der Waals surface area (Å²) in [6.45, 7) is 5.85. The second kappa shape index (κ2) is 5.53. The highest BCUT2D eigenvalue weighted by molar-refractivity contribution is 9.10. The van der Waals surface area contributed by atoms with Crippen LogP contribution in [-0.4, -0.2) is 12.6 Å². The number of nitrogens with one attached hydrogen (secondary N) is 1. The van der Waals surface area contributed by atoms with E-state index in [1.807, 2.05) is 0 Å². The third kappa shape index (κ3) is 3.82. The smallest absolute Gasteiger partial charge is 0.0175 e. The molecule has 0 amide bonds. The van der Waals surface area contributed by atoms with E-state index < -0.39 is 0 Å². The van der Waals surface area contributed by atoms with Crippen molar-refractivity contribution in [1.82, 2.24) is 5.32 Å². The van der Waals surface area contributed by atoms with Gasteiger partial charge < -0.3 is 5.32 Å². The van der Waals surface area contributed by atoms with Crippen LogP contribution in [0.5, 0.6) is 0 Å². The quantitative estimate of drug-likeness (QED) is 0.860. The van der Waals surface area contributed by atoms with E-state index in [0.29, 0.717) is 11.5 Å². The Morgan fingerprint density at radius 1 is 1.29 bits per heavy atom. The molecule has 1 unspecified atom stereocenters. The maximum atomic E-state index is 3.68. The lowest BCUT2D eigenvalue weighted by atomic mass is 9.70. The summed E-state index contributed by atoms with van der Waals surface area (Å²) < 4.78 is 1.16. The maximum Gasteiger partial charge on any atom is 0.0175 e. The van der Waals surface area contributed by atoms with Gasteiger partial charge in [0.15, 0.2) is 0 Å². The second-order valence-corrected chi connectivity index (χ2v) is 6.69. The summed E-state index contributed by atoms with van der Waals surface area (Å²) in [5, 5.41) is 3.68. The van der Waals surface area contributed by atoms with Crippen molar-refractivity contribution in [1.29, 1.82) is 0 Å². The molecule has 1 fully saturated rings. The van der Waals surface area contributed by atoms with Gasteiger partial charge in [-0.15, -0.1) is 0 Å². The fourth-order valence-electron chi connectivity index (χ4n) is 2.42. The van der Waals surface area contributed by atoms with Crippen molar-refractivity contribution >= 4 is 15.9 Å². The zero-order valence-electron chi connectivity index (χ0n) is 10.8. The standard InChI is InChI=1S/C15H22BrN/c1-12(17-11-15(2)8-3-9-15)10-13-4-6-14(16)7-5-13/h4-7,12,17H,3,8-11H2,1-2H3. The molecule has 1 atom stereocenters. The molecule has 0 radical (unpaired) electrons. The van der Waals surface area contributed by atoms with Crippen molar-refractivity contribution in [3.63, 3.8) is 0 Å². The fourth-order valence-corrected chi connectivity index (χ4v) is 2.69. The Morgan fingerprint density at radius 2 is 1.94 bits per heavy atom. The molecule has 1 saturated carbocycles. The summed E-state index contributed by atoms with van der Waals surface area (Å²) in [5.41, 5.74) is 1.99. The molecule has 1 aromatic rings. The van der Waals surface area contributed by atoms with Gasteiger partial charge in [-0.25, -0.2) is 0 Å². The minimum absolute atomic E-state index is 0.564. The summed E-state index contributed by atoms with van der Waals surface area (Å²) in [5.74, 6) is 0. The van der Waals surface area contributed by atoms with Crippen LogP contribution in [0, 0.1) is 5.41 Å². The van der Waals surface area contributed by atoms with Crippen LogP contribution >= 0.6 is 15.9 Å². The zero-order valence-corrected chi connectivity index (χ0v) is 12.4. The average Bonchev–Trinajstić information content (AvgIpc) is 2.27. The Balaban J connectivity index is 1.76. The van der Waals surface area contributed by atoms with E-state index in [1.165, 1.54) is 31.4 Å². The molecule has 1 aromatic carbocycles. The lowest BCUT2D eigenvalue weighted by molar-refractivity contribution is 0.152. The molecule has 1 N–H and O–H groups in total. The van der Waals surface area contributed by atoms with Crippen LogP contribution in [0.1, 0.15) is 38.7 Å². The Hall–Kier alpha value is -0.340. The molecule has 94 valence electrons. The van der Waals surface area contributed by atoms with Crippen LogP contribution in [-0.2, 0) is 6.42 Å². The highest BCUT2D eigenvalue weighted by atomic mass is 79.9. The molecule has 0 bridgehead atoms. The van der Waals surface area contributed by atoms with Gasteiger partial charge >= 0.3 is 0 Å². The average molecular weight is 296 g/mol. The third-order valence-electron chi connectivity index (χ3n) is 3.89. The van der Waals surface area contributed by atoms with Gasteiger partial charge in [0.2, 0.25) is 0 Å². The molecule has 0 aliphatic heterocycles. The molecule has 1 aliphatic rings. The first-order chi connectivity index (χ1) is 8.07. The molecule has 1 aliphatic carbocycles. The molecule has 0 aromatic heterocycles. The molecule has 0 spiro atoms. The van der Waals surface area contributed by atoms with Crippen molar-refractivity contribution in [2.24, 2.45) is 5.41 Å². The first-order valence-corrected chi connectivity index (χ1v) is 7.35. The minimum Gasteiger partial charge on any atom is -0.313 e. The first kappa shape index (κ1) is 13.1. The van der Waals surface area contributed by atoms with Gasteiger partial charge in [0.25, 0.3) is 0 Å². The highest BCUT2D eigenvalue weighted by Gasteiger charge is 2.31. The van der Waals surface area contributed by atoms with E-state index in [9.17, 15) is 0 Å². The Labute approximate surface area is 113 Å². The molecule has 17 heavy (non-hydrogen) atoms. The van der Waals surface area contributed by atoms with Crippen molar-refractivity contribution in [3.8, 4) is 0 Å². The molecule has 2 heteroatoms. The second-order valence-electron chi connectivity index (χ2n) is 5.78. The van der Waals surface area contributed by atoms with E-state index in [1.54, 1.807) is 0 Å². The summed E-state index contributed by atoms with van der Waals surface area (Å²) in [6, 6.07) is 9.21. The van der Waals surface area contributed by atoms with Crippen molar-refractivity contribution in [2.45, 2.75) is 45.6 Å². The van der Waals surface area contributed by atoms with E-state index in [-0.39, 0.29) is 0 Å². The van der Waals surface area contributed by atoms with Crippen molar-refractivity contribution < 1.29 is 0 Å². The number of halogens is 1. The number of rotatable bonds is 5. The van der Waals surface area contributed by atoms with Crippen LogP contribution in [0.2, 0.25) is 0 Å². The molecule has 1 nitrogen and oxygen atoms in total. The molecule has 0 saturated heterocycles. The SMILES string of the molecule is CC(Cc1ccc(Br)cc1)NCC1(C)CCC1. The lowest BCUT2D eigenvalue weighted by Crippen LogP contribution is -2.41. The molecular weight excluding hydrogens is 274 g/mol. The summed E-state index contributed by atoms with van der Waals surface area (Å²) in [6.07, 6.45) is 5.32. The first-order valence-electron chi connectivity index (χ1n) is 6.55. The van der Waals surface area contributed by atoms with Gasteiger partial charge in [-0.2, -0.15) is 0 Å². The van der Waals surface area contributed by atoms with Gasteiger partial charge in [0.05, 0.1) is 0 Å². The molecular formula is C15H22BrN. The maximum absolute atomic E-state index is 3.68. The largest absolute Gasteiger partial charge is 0.313 e. The van der Waals surface area contributed by atoms with Crippen molar-refractivity contribution in [2.75, 3.05) is 6.54 Å². The monoisotopic (exact) mass is 295 g/mol. The molecule has 0 heterocycles. The number of hydrogen-bond acceptors (Lipinski definition) is 1. The van der Waals surface area contributed by atoms with Crippen LogP contribution in [0.4, 0.5) is 0 Å². The van der Waals surface area contributed by atoms with E-state index in [4.69, 9.17) is 0 Å². The topological polar surface area (TPSA) is 12.0 Å². The Kier molecular flexibility index (Phi) is 4.26. The van der Waals surface area contributed by atoms with Gasteiger partial charge in [-0.1, -0.05) is 41.4 Å². The van der Waals surface area contributed by atoms with Crippen LogP contribution in [0.25, 0.3) is 0 Å². The van der Waals surface area contributed by atoms with E-state index in [2.05, 4.69) is 59.4 Å². The Bertz CT molecular complexity index is 354. The normalized spacial score (nSPS) is 19.7. The van der Waals surface area contributed by atoms with Crippen molar-refractivity contribution in [3.05, 3.63) is 34.3 Å². The number of benzene rings is 1. The lowest BCUT2D eigenvalue weighted by Gasteiger charge is -2.39. The van der Waals surface area contributed by atoms with E-state index >= 15 is 0 Å². The number of hydrogen-bond donors (Lipinski definition) is 1. The minimum atomic E-state index is 0.564. The zero-order chi connectivity index (χ0) is 12.3. The summed E-state index contributed by atoms with van der Waals surface area (Å²) >= 11 is 3.47. The van der Waals surface area contributed by atoms with Gasteiger partial charge in [0, 0.05) is 17.1 Å². The fraction of sp³-hybridized carbons (Fsp3) is 0.600. The van der Waals surface area contributed by atoms with E-state index in [0.717, 1.165) is 10.9 Å². The predicted molar refractivity (Wildman–Crippen MR) is 77.3 cm³/mol. The Morgan fingerprint density at radius 3 is 2.47 bits per heavy atom. The van der Waals surface area contributed by atoms with Gasteiger partial charge in [-0.3, -0.25) is 0 Å². The summed E-state index contributed by atoms with van der Waals surface area (Å²) in [4.78, 5) is 0. The molecule has 2 rings (SSSR count). The third-order valence-corrected chi connectivity index (χ3v) is 4.42. The van der Waals surface area contributed by atoms with Crippen LogP contribution < -0.4 is 5.32 Å².